The van der Waals surface area contributed by atoms with Crippen molar-refractivity contribution in [3.05, 3.63) is 34.1 Å². The third-order valence-corrected chi connectivity index (χ3v) is 6.94. The smallest absolute Gasteiger partial charge is 0.321 e. The fourth-order valence-electron chi connectivity index (χ4n) is 3.96. The molecular formula is C24H30N4O5S. The fourth-order valence-corrected chi connectivity index (χ4v) is 4.79. The van der Waals surface area contributed by atoms with E-state index < -0.39 is 11.9 Å². The van der Waals surface area contributed by atoms with Crippen molar-refractivity contribution < 1.29 is 19.1 Å². The van der Waals surface area contributed by atoms with Crippen molar-refractivity contribution in [1.29, 1.82) is 0 Å². The Morgan fingerprint density at radius 2 is 1.94 bits per heavy atom. The van der Waals surface area contributed by atoms with Gasteiger partial charge in [0.25, 0.3) is 5.56 Å². The number of allylic oxidation sites excluding steroid dienone is 2. The van der Waals surface area contributed by atoms with E-state index in [1.54, 1.807) is 16.7 Å². The summed E-state index contributed by atoms with van der Waals surface area (Å²) in [6.45, 7) is 0.466. The second-order valence-corrected chi connectivity index (χ2v) is 9.46. The highest BCUT2D eigenvalue weighted by atomic mass is 32.2. The first-order valence-corrected chi connectivity index (χ1v) is 12.5. The molecule has 0 aliphatic heterocycles. The summed E-state index contributed by atoms with van der Waals surface area (Å²) in [7, 11) is 3.04. The molecule has 182 valence electrons. The number of imide groups is 1. The molecule has 0 unspecified atom stereocenters. The molecule has 2 aliphatic carbocycles. The van der Waals surface area contributed by atoms with E-state index in [-0.39, 0.29) is 17.4 Å². The van der Waals surface area contributed by atoms with Crippen LogP contribution in [0, 0.1) is 0 Å². The highest BCUT2D eigenvalue weighted by molar-refractivity contribution is 7.99. The molecule has 34 heavy (non-hydrogen) atoms. The van der Waals surface area contributed by atoms with Crippen LogP contribution in [0.3, 0.4) is 0 Å². The van der Waals surface area contributed by atoms with Gasteiger partial charge in [-0.1, -0.05) is 23.4 Å². The van der Waals surface area contributed by atoms with E-state index in [1.807, 2.05) is 0 Å². The van der Waals surface area contributed by atoms with Gasteiger partial charge in [-0.3, -0.25) is 19.5 Å². The summed E-state index contributed by atoms with van der Waals surface area (Å²) < 4.78 is 12.3. The summed E-state index contributed by atoms with van der Waals surface area (Å²) in [5.41, 5.74) is 1.61. The number of carbonyl (C=O) groups is 2. The van der Waals surface area contributed by atoms with Crippen molar-refractivity contribution in [2.24, 2.45) is 0 Å². The molecule has 2 N–H and O–H groups in total. The molecule has 0 saturated heterocycles. The van der Waals surface area contributed by atoms with Crippen molar-refractivity contribution >= 4 is 34.6 Å². The van der Waals surface area contributed by atoms with Gasteiger partial charge in [-0.2, -0.15) is 0 Å². The molecule has 1 heterocycles. The number of carbonyl (C=O) groups excluding carboxylic acids is 2. The summed E-state index contributed by atoms with van der Waals surface area (Å²) in [5.74, 6) is 0.451. The van der Waals surface area contributed by atoms with Crippen molar-refractivity contribution in [2.75, 3.05) is 20.0 Å². The number of urea groups is 1. The molecule has 1 fully saturated rings. The minimum Gasteiger partial charge on any atom is -0.493 e. The first kappa shape index (κ1) is 24.1. The van der Waals surface area contributed by atoms with Gasteiger partial charge in [0.2, 0.25) is 5.91 Å². The van der Waals surface area contributed by atoms with E-state index in [0.717, 1.165) is 43.9 Å². The van der Waals surface area contributed by atoms with Crippen LogP contribution in [0.4, 0.5) is 4.79 Å². The van der Waals surface area contributed by atoms with Crippen LogP contribution in [-0.4, -0.2) is 47.5 Å². The Hall–Kier alpha value is -3.01. The lowest BCUT2D eigenvalue weighted by Crippen LogP contribution is -2.41. The van der Waals surface area contributed by atoms with E-state index in [2.05, 4.69) is 21.7 Å². The van der Waals surface area contributed by atoms with Gasteiger partial charge in [-0.25, -0.2) is 9.78 Å². The van der Waals surface area contributed by atoms with Crippen LogP contribution >= 0.6 is 11.8 Å². The average molecular weight is 487 g/mol. The Bertz CT molecular complexity index is 1170. The lowest BCUT2D eigenvalue weighted by molar-refractivity contribution is -0.117. The number of ether oxygens (including phenoxy) is 2. The molecule has 0 atom stereocenters. The molecule has 0 radical (unpaired) electrons. The molecule has 10 heteroatoms. The van der Waals surface area contributed by atoms with E-state index in [9.17, 15) is 14.4 Å². The zero-order chi connectivity index (χ0) is 24.1. The summed E-state index contributed by atoms with van der Waals surface area (Å²) in [5, 5.41) is 5.92. The van der Waals surface area contributed by atoms with Gasteiger partial charge >= 0.3 is 6.03 Å². The predicted octanol–water partition coefficient (Wildman–Crippen LogP) is 3.38. The highest BCUT2D eigenvalue weighted by Gasteiger charge is 2.24. The van der Waals surface area contributed by atoms with Crippen molar-refractivity contribution in [1.82, 2.24) is 20.2 Å². The largest absolute Gasteiger partial charge is 0.493 e. The third-order valence-electron chi connectivity index (χ3n) is 5.96. The molecule has 1 aromatic carbocycles. The summed E-state index contributed by atoms with van der Waals surface area (Å²) in [6.07, 6.45) is 9.37. The van der Waals surface area contributed by atoms with Crippen LogP contribution in [0.1, 0.15) is 44.9 Å². The first-order valence-electron chi connectivity index (χ1n) is 11.6. The van der Waals surface area contributed by atoms with Crippen molar-refractivity contribution in [3.8, 4) is 11.5 Å². The van der Waals surface area contributed by atoms with Crippen molar-refractivity contribution in [3.63, 3.8) is 0 Å². The van der Waals surface area contributed by atoms with Crippen LogP contribution in [0.15, 0.2) is 33.7 Å². The van der Waals surface area contributed by atoms with Crippen LogP contribution in [-0.2, 0) is 11.3 Å². The molecular weight excluding hydrogens is 456 g/mol. The molecule has 2 aliphatic rings. The lowest BCUT2D eigenvalue weighted by atomic mass is 9.97. The Morgan fingerprint density at radius 1 is 1.18 bits per heavy atom. The molecule has 1 saturated carbocycles. The van der Waals surface area contributed by atoms with E-state index in [0.29, 0.717) is 34.1 Å². The summed E-state index contributed by atoms with van der Waals surface area (Å²) in [6, 6.07) is 2.98. The van der Waals surface area contributed by atoms with Gasteiger partial charge in [-0.05, 0) is 51.0 Å². The summed E-state index contributed by atoms with van der Waals surface area (Å²) in [4.78, 5) is 42.3. The number of fused-ring (bicyclic) bond motifs is 1. The minimum atomic E-state index is -0.488. The number of thioether (sulfide) groups is 1. The molecule has 2 aromatic rings. The third kappa shape index (κ3) is 5.91. The normalized spacial score (nSPS) is 15.5. The van der Waals surface area contributed by atoms with Crippen LogP contribution in [0.5, 0.6) is 11.5 Å². The molecule has 0 bridgehead atoms. The number of aromatic nitrogens is 2. The number of rotatable bonds is 9. The Kier molecular flexibility index (Phi) is 7.77. The average Bonchev–Trinajstić information content (AvgIpc) is 3.66. The maximum atomic E-state index is 13.5. The molecule has 3 amide bonds. The summed E-state index contributed by atoms with van der Waals surface area (Å²) >= 11 is 1.14. The van der Waals surface area contributed by atoms with Gasteiger partial charge in [0.1, 0.15) is 0 Å². The second-order valence-electron chi connectivity index (χ2n) is 8.52. The standard InChI is InChI=1S/C24H30N4O5S/c1-32-19-12-17-18(13-20(19)33-2)26-24(34-14-21(29)27-23(31)25-16-8-9-16)28(22(17)30)11-10-15-6-4-3-5-7-15/h6,12-13,16H,3-5,7-11,14H2,1-2H3,(H2,25,27,29,31). The topological polar surface area (TPSA) is 112 Å². The molecule has 9 nitrogen and oxygen atoms in total. The number of hydrogen-bond donors (Lipinski definition) is 2. The van der Waals surface area contributed by atoms with E-state index >= 15 is 0 Å². The van der Waals surface area contributed by atoms with Gasteiger partial charge in [0.05, 0.1) is 30.9 Å². The zero-order valence-electron chi connectivity index (χ0n) is 19.5. The van der Waals surface area contributed by atoms with Crippen LogP contribution < -0.4 is 25.7 Å². The molecule has 0 spiro atoms. The van der Waals surface area contributed by atoms with Gasteiger partial charge in [0.15, 0.2) is 16.7 Å². The quantitative estimate of drug-likeness (QED) is 0.317. The van der Waals surface area contributed by atoms with Crippen LogP contribution in [0.2, 0.25) is 0 Å². The maximum absolute atomic E-state index is 13.5. The second kappa shape index (κ2) is 10.9. The van der Waals surface area contributed by atoms with Gasteiger partial charge in [0, 0.05) is 18.7 Å². The maximum Gasteiger partial charge on any atom is 0.321 e. The number of nitrogens with zero attached hydrogens (tertiary/aromatic N) is 2. The van der Waals surface area contributed by atoms with Crippen molar-refractivity contribution in [2.45, 2.75) is 62.7 Å². The number of nitrogens with one attached hydrogen (secondary N) is 2. The molecule has 1 aromatic heterocycles. The Balaban J connectivity index is 1.59. The minimum absolute atomic E-state index is 0.0357. The Morgan fingerprint density at radius 3 is 2.62 bits per heavy atom. The molecule has 4 rings (SSSR count). The number of benzene rings is 1. The number of methoxy groups -OCH3 is 2. The SMILES string of the molecule is COc1cc2nc(SCC(=O)NC(=O)NC3CC3)n(CCC3=CCCCC3)c(=O)c2cc1OC. The van der Waals surface area contributed by atoms with Crippen LogP contribution in [0.25, 0.3) is 10.9 Å². The highest BCUT2D eigenvalue weighted by Crippen LogP contribution is 2.31. The monoisotopic (exact) mass is 486 g/mol. The predicted molar refractivity (Wildman–Crippen MR) is 131 cm³/mol. The van der Waals surface area contributed by atoms with E-state index in [4.69, 9.17) is 9.47 Å². The Labute approximate surface area is 202 Å². The van der Waals surface area contributed by atoms with E-state index in [1.165, 1.54) is 32.6 Å². The fraction of sp³-hybridized carbons (Fsp3) is 0.500. The first-order chi connectivity index (χ1) is 16.5. The van der Waals surface area contributed by atoms with Gasteiger partial charge in [-0.15, -0.1) is 0 Å². The zero-order valence-corrected chi connectivity index (χ0v) is 20.3. The lowest BCUT2D eigenvalue weighted by Gasteiger charge is -2.17. The van der Waals surface area contributed by atoms with Gasteiger partial charge < -0.3 is 14.8 Å². The number of amides is 3. The number of hydrogen-bond acceptors (Lipinski definition) is 7.